The summed E-state index contributed by atoms with van der Waals surface area (Å²) in [6, 6.07) is 12.9. The van der Waals surface area contributed by atoms with Crippen LogP contribution in [0.2, 0.25) is 0 Å². The number of aliphatic imine (C=N–C) groups is 1. The third-order valence-corrected chi connectivity index (χ3v) is 3.81. The molecule has 0 heterocycles. The molecule has 0 bridgehead atoms. The average Bonchev–Trinajstić information content (AvgIpc) is 2.70. The van der Waals surface area contributed by atoms with Gasteiger partial charge in [-0.15, -0.1) is 24.0 Å². The number of phenolic OH excluding ortho intramolecular Hbond substituents is 1. The Labute approximate surface area is 183 Å². The van der Waals surface area contributed by atoms with E-state index in [4.69, 9.17) is 9.47 Å². The first-order valence-corrected chi connectivity index (χ1v) is 8.87. The van der Waals surface area contributed by atoms with E-state index in [9.17, 15) is 5.11 Å². The SMILES string of the molecule is C=CCOc1ccccc1CNC(=NCc1cc(OC)ccc1O)NCC.I. The first kappa shape index (κ1) is 23.6. The van der Waals surface area contributed by atoms with Gasteiger partial charge in [0, 0.05) is 24.2 Å². The molecule has 0 aromatic heterocycles. The van der Waals surface area contributed by atoms with Crippen molar-refractivity contribution in [2.24, 2.45) is 4.99 Å². The zero-order chi connectivity index (χ0) is 19.5. The third-order valence-electron chi connectivity index (χ3n) is 3.81. The van der Waals surface area contributed by atoms with Crippen LogP contribution in [0.3, 0.4) is 0 Å². The molecule has 0 aliphatic heterocycles. The molecule has 6 nitrogen and oxygen atoms in total. The van der Waals surface area contributed by atoms with Gasteiger partial charge in [0.15, 0.2) is 5.96 Å². The van der Waals surface area contributed by atoms with Crippen LogP contribution in [0.1, 0.15) is 18.1 Å². The molecule has 0 spiro atoms. The normalized spacial score (nSPS) is 10.6. The summed E-state index contributed by atoms with van der Waals surface area (Å²) in [4.78, 5) is 4.55. The number of hydrogen-bond acceptors (Lipinski definition) is 4. The van der Waals surface area contributed by atoms with E-state index in [0.717, 1.165) is 17.9 Å². The summed E-state index contributed by atoms with van der Waals surface area (Å²) in [6.45, 7) is 7.75. The molecule has 7 heteroatoms. The van der Waals surface area contributed by atoms with Gasteiger partial charge in [-0.3, -0.25) is 0 Å². The maximum Gasteiger partial charge on any atom is 0.191 e. The first-order valence-electron chi connectivity index (χ1n) is 8.87. The van der Waals surface area contributed by atoms with Gasteiger partial charge < -0.3 is 25.2 Å². The predicted octanol–water partition coefficient (Wildman–Crippen LogP) is 3.84. The van der Waals surface area contributed by atoms with Crippen molar-refractivity contribution in [2.75, 3.05) is 20.3 Å². The fourth-order valence-electron chi connectivity index (χ4n) is 2.44. The van der Waals surface area contributed by atoms with Crippen LogP contribution >= 0.6 is 24.0 Å². The van der Waals surface area contributed by atoms with Crippen molar-refractivity contribution in [3.8, 4) is 17.2 Å². The fourth-order valence-corrected chi connectivity index (χ4v) is 2.44. The Morgan fingerprint density at radius 1 is 1.18 bits per heavy atom. The second kappa shape index (κ2) is 12.9. The van der Waals surface area contributed by atoms with Gasteiger partial charge in [0.1, 0.15) is 23.9 Å². The van der Waals surface area contributed by atoms with Crippen molar-refractivity contribution in [1.29, 1.82) is 0 Å². The molecular formula is C21H28IN3O3. The lowest BCUT2D eigenvalue weighted by molar-refractivity contribution is 0.358. The molecule has 2 rings (SSSR count). The molecule has 0 saturated carbocycles. The number of hydrogen-bond donors (Lipinski definition) is 3. The van der Waals surface area contributed by atoms with E-state index in [1.165, 1.54) is 0 Å². The molecule has 0 amide bonds. The summed E-state index contributed by atoms with van der Waals surface area (Å²) in [5.74, 6) is 2.34. The summed E-state index contributed by atoms with van der Waals surface area (Å²) in [6.07, 6.45) is 1.72. The molecule has 2 aromatic carbocycles. The number of methoxy groups -OCH3 is 1. The minimum atomic E-state index is 0. The Morgan fingerprint density at radius 3 is 2.68 bits per heavy atom. The van der Waals surface area contributed by atoms with Crippen molar-refractivity contribution >= 4 is 29.9 Å². The van der Waals surface area contributed by atoms with Gasteiger partial charge in [0.2, 0.25) is 0 Å². The van der Waals surface area contributed by atoms with E-state index in [-0.39, 0.29) is 29.7 Å². The van der Waals surface area contributed by atoms with E-state index in [1.54, 1.807) is 31.4 Å². The van der Waals surface area contributed by atoms with E-state index in [1.807, 2.05) is 31.2 Å². The van der Waals surface area contributed by atoms with Gasteiger partial charge in [0.25, 0.3) is 0 Å². The number of benzene rings is 2. The Bertz CT molecular complexity index is 781. The highest BCUT2D eigenvalue weighted by molar-refractivity contribution is 14.0. The van der Waals surface area contributed by atoms with Crippen LogP contribution in [0.5, 0.6) is 17.2 Å². The molecule has 3 N–H and O–H groups in total. The van der Waals surface area contributed by atoms with Crippen molar-refractivity contribution < 1.29 is 14.6 Å². The number of para-hydroxylation sites is 1. The molecule has 0 atom stereocenters. The van der Waals surface area contributed by atoms with Gasteiger partial charge in [-0.2, -0.15) is 0 Å². The molecule has 152 valence electrons. The number of ether oxygens (including phenoxy) is 2. The Hall–Kier alpha value is -2.42. The smallest absolute Gasteiger partial charge is 0.191 e. The van der Waals surface area contributed by atoms with Crippen molar-refractivity contribution in [2.45, 2.75) is 20.0 Å². The molecule has 0 aliphatic rings. The highest BCUT2D eigenvalue weighted by Crippen LogP contribution is 2.23. The summed E-state index contributed by atoms with van der Waals surface area (Å²) < 4.78 is 10.9. The third kappa shape index (κ3) is 7.30. The molecule has 0 radical (unpaired) electrons. The van der Waals surface area contributed by atoms with Crippen molar-refractivity contribution in [1.82, 2.24) is 10.6 Å². The fraction of sp³-hybridized carbons (Fsp3) is 0.286. The van der Waals surface area contributed by atoms with Gasteiger partial charge >= 0.3 is 0 Å². The van der Waals surface area contributed by atoms with Gasteiger partial charge in [-0.05, 0) is 31.2 Å². The average molecular weight is 497 g/mol. The topological polar surface area (TPSA) is 75.1 Å². The van der Waals surface area contributed by atoms with Crippen LogP contribution in [-0.4, -0.2) is 31.3 Å². The highest BCUT2D eigenvalue weighted by atomic mass is 127. The van der Waals surface area contributed by atoms with E-state index < -0.39 is 0 Å². The quantitative estimate of drug-likeness (QED) is 0.213. The Morgan fingerprint density at radius 2 is 1.96 bits per heavy atom. The van der Waals surface area contributed by atoms with Crippen molar-refractivity contribution in [3.63, 3.8) is 0 Å². The van der Waals surface area contributed by atoms with Crippen LogP contribution in [0.4, 0.5) is 0 Å². The zero-order valence-corrected chi connectivity index (χ0v) is 18.6. The van der Waals surface area contributed by atoms with Crippen molar-refractivity contribution in [3.05, 3.63) is 66.2 Å². The number of halogens is 1. The largest absolute Gasteiger partial charge is 0.508 e. The number of nitrogens with zero attached hydrogens (tertiary/aromatic N) is 1. The van der Waals surface area contributed by atoms with Crippen LogP contribution in [0.15, 0.2) is 60.1 Å². The summed E-state index contributed by atoms with van der Waals surface area (Å²) in [5.41, 5.74) is 1.72. The minimum Gasteiger partial charge on any atom is -0.508 e. The maximum atomic E-state index is 10.0. The van der Waals surface area contributed by atoms with Gasteiger partial charge in [-0.1, -0.05) is 30.9 Å². The highest BCUT2D eigenvalue weighted by Gasteiger charge is 2.06. The number of aromatic hydroxyl groups is 1. The van der Waals surface area contributed by atoms with Crippen LogP contribution in [0.25, 0.3) is 0 Å². The standard InChI is InChI=1S/C21H27N3O3.HI/c1-4-12-27-20-9-7-6-8-16(20)14-23-21(22-5-2)24-15-17-13-18(26-3)10-11-19(17)25;/h4,6-11,13,25H,1,5,12,14-15H2,2-3H3,(H2,22,23,24);1H. The number of guanidine groups is 1. The minimum absolute atomic E-state index is 0. The monoisotopic (exact) mass is 497 g/mol. The zero-order valence-electron chi connectivity index (χ0n) is 16.3. The second-order valence-electron chi connectivity index (χ2n) is 5.75. The molecule has 0 unspecified atom stereocenters. The molecule has 2 aromatic rings. The summed E-state index contributed by atoms with van der Waals surface area (Å²) >= 11 is 0. The number of phenols is 1. The molecule has 0 aliphatic carbocycles. The van der Waals surface area contributed by atoms with Crippen LogP contribution in [-0.2, 0) is 13.1 Å². The second-order valence-corrected chi connectivity index (χ2v) is 5.75. The van der Waals surface area contributed by atoms with E-state index in [2.05, 4.69) is 22.2 Å². The molecule has 0 saturated heterocycles. The number of rotatable bonds is 9. The lowest BCUT2D eigenvalue weighted by Crippen LogP contribution is -2.36. The summed E-state index contributed by atoms with van der Waals surface area (Å²) in [7, 11) is 1.59. The van der Waals surface area contributed by atoms with E-state index >= 15 is 0 Å². The molecule has 0 fully saturated rings. The van der Waals surface area contributed by atoms with E-state index in [0.29, 0.717) is 37.0 Å². The maximum absolute atomic E-state index is 10.0. The Kier molecular flexibility index (Phi) is 10.9. The molecule has 28 heavy (non-hydrogen) atoms. The molecular weight excluding hydrogens is 469 g/mol. The lowest BCUT2D eigenvalue weighted by atomic mass is 10.2. The van der Waals surface area contributed by atoms with Gasteiger partial charge in [-0.25, -0.2) is 4.99 Å². The first-order chi connectivity index (χ1) is 13.2. The number of nitrogens with one attached hydrogen (secondary N) is 2. The lowest BCUT2D eigenvalue weighted by Gasteiger charge is -2.14. The van der Waals surface area contributed by atoms with Gasteiger partial charge in [0.05, 0.1) is 13.7 Å². The van der Waals surface area contributed by atoms with Crippen LogP contribution < -0.4 is 20.1 Å². The predicted molar refractivity (Wildman–Crippen MR) is 124 cm³/mol. The Balaban J connectivity index is 0.00000392. The van der Waals surface area contributed by atoms with Crippen LogP contribution in [0, 0.1) is 0 Å². The summed E-state index contributed by atoms with van der Waals surface area (Å²) in [5, 5.41) is 16.5.